The Morgan fingerprint density at radius 2 is 2.31 bits per heavy atom. The van der Waals surface area contributed by atoms with E-state index in [1.807, 2.05) is 18.2 Å². The Kier molecular flexibility index (Phi) is 3.58. The van der Waals surface area contributed by atoms with E-state index in [1.54, 1.807) is 0 Å². The van der Waals surface area contributed by atoms with Crippen molar-refractivity contribution in [3.63, 3.8) is 0 Å². The van der Waals surface area contributed by atoms with Gasteiger partial charge in [0.05, 0.1) is 0 Å². The zero-order valence-electron chi connectivity index (χ0n) is 9.61. The predicted octanol–water partition coefficient (Wildman–Crippen LogP) is 0.731. The Bertz CT molecular complexity index is 341. The molecule has 2 heterocycles. The SMILES string of the molecule is CN1CCC(CNc2cccc(NN)n2)C1. The van der Waals surface area contributed by atoms with Gasteiger partial charge in [-0.3, -0.25) is 0 Å². The van der Waals surface area contributed by atoms with Crippen molar-refractivity contribution in [2.24, 2.45) is 11.8 Å². The highest BCUT2D eigenvalue weighted by molar-refractivity contribution is 5.44. The Labute approximate surface area is 96.0 Å². The second-order valence-corrected chi connectivity index (χ2v) is 4.35. The number of hydrogen-bond acceptors (Lipinski definition) is 5. The molecule has 0 aromatic carbocycles. The first-order valence-corrected chi connectivity index (χ1v) is 5.64. The van der Waals surface area contributed by atoms with Gasteiger partial charge in [0.2, 0.25) is 0 Å². The predicted molar refractivity (Wildman–Crippen MR) is 66.1 cm³/mol. The standard InChI is InChI=1S/C11H19N5/c1-16-6-5-9(8-16)7-13-10-3-2-4-11(14-10)15-12/h2-4,9H,5-8,12H2,1H3,(H2,13,14,15). The van der Waals surface area contributed by atoms with Gasteiger partial charge in [-0.15, -0.1) is 0 Å². The Morgan fingerprint density at radius 1 is 1.50 bits per heavy atom. The molecule has 0 bridgehead atoms. The smallest absolute Gasteiger partial charge is 0.142 e. The van der Waals surface area contributed by atoms with Gasteiger partial charge in [0, 0.05) is 13.1 Å². The van der Waals surface area contributed by atoms with E-state index in [9.17, 15) is 0 Å². The van der Waals surface area contributed by atoms with Crippen LogP contribution in [0, 0.1) is 5.92 Å². The van der Waals surface area contributed by atoms with Crippen LogP contribution in [0.2, 0.25) is 0 Å². The van der Waals surface area contributed by atoms with Crippen molar-refractivity contribution >= 4 is 11.6 Å². The molecule has 0 aliphatic carbocycles. The number of aromatic nitrogens is 1. The summed E-state index contributed by atoms with van der Waals surface area (Å²) in [6.45, 7) is 3.34. The van der Waals surface area contributed by atoms with Gasteiger partial charge in [0.15, 0.2) is 0 Å². The number of hydrogen-bond donors (Lipinski definition) is 3. The van der Waals surface area contributed by atoms with Crippen LogP contribution in [-0.2, 0) is 0 Å². The van der Waals surface area contributed by atoms with Crippen molar-refractivity contribution < 1.29 is 0 Å². The fraction of sp³-hybridized carbons (Fsp3) is 0.545. The summed E-state index contributed by atoms with van der Waals surface area (Å²) in [7, 11) is 2.16. The third-order valence-electron chi connectivity index (χ3n) is 2.96. The van der Waals surface area contributed by atoms with Gasteiger partial charge < -0.3 is 15.6 Å². The molecule has 16 heavy (non-hydrogen) atoms. The van der Waals surface area contributed by atoms with Gasteiger partial charge in [0.1, 0.15) is 11.6 Å². The summed E-state index contributed by atoms with van der Waals surface area (Å²) in [4.78, 5) is 6.67. The van der Waals surface area contributed by atoms with E-state index in [0.717, 1.165) is 18.3 Å². The molecule has 0 saturated carbocycles. The highest BCUT2D eigenvalue weighted by Crippen LogP contribution is 2.15. The minimum absolute atomic E-state index is 0.688. The minimum atomic E-state index is 0.688. The van der Waals surface area contributed by atoms with Crippen LogP contribution in [0.5, 0.6) is 0 Å². The van der Waals surface area contributed by atoms with Crippen LogP contribution in [0.15, 0.2) is 18.2 Å². The third kappa shape index (κ3) is 2.84. The summed E-state index contributed by atoms with van der Waals surface area (Å²) in [5.41, 5.74) is 2.54. The summed E-state index contributed by atoms with van der Waals surface area (Å²) in [6.07, 6.45) is 1.26. The van der Waals surface area contributed by atoms with Crippen molar-refractivity contribution in [1.82, 2.24) is 9.88 Å². The third-order valence-corrected chi connectivity index (χ3v) is 2.96. The molecule has 1 unspecified atom stereocenters. The lowest BCUT2D eigenvalue weighted by Gasteiger charge is -2.12. The van der Waals surface area contributed by atoms with E-state index in [4.69, 9.17) is 5.84 Å². The van der Waals surface area contributed by atoms with Gasteiger partial charge in [-0.1, -0.05) is 6.07 Å². The van der Waals surface area contributed by atoms with E-state index in [1.165, 1.54) is 19.5 Å². The summed E-state index contributed by atoms with van der Waals surface area (Å²) in [6, 6.07) is 5.74. The lowest BCUT2D eigenvalue weighted by Crippen LogP contribution is -2.19. The van der Waals surface area contributed by atoms with Gasteiger partial charge >= 0.3 is 0 Å². The van der Waals surface area contributed by atoms with Crippen molar-refractivity contribution in [3.8, 4) is 0 Å². The summed E-state index contributed by atoms with van der Waals surface area (Å²) < 4.78 is 0. The quantitative estimate of drug-likeness (QED) is 0.517. The van der Waals surface area contributed by atoms with Gasteiger partial charge in [-0.25, -0.2) is 10.8 Å². The number of nitrogens with one attached hydrogen (secondary N) is 2. The summed E-state index contributed by atoms with van der Waals surface area (Å²) in [5, 5.41) is 3.35. The van der Waals surface area contributed by atoms with Crippen LogP contribution >= 0.6 is 0 Å². The highest BCUT2D eigenvalue weighted by Gasteiger charge is 2.18. The van der Waals surface area contributed by atoms with Crippen LogP contribution in [0.1, 0.15) is 6.42 Å². The molecule has 4 N–H and O–H groups in total. The molecule has 1 atom stereocenters. The number of nitrogens with two attached hydrogens (primary N) is 1. The summed E-state index contributed by atoms with van der Waals surface area (Å²) >= 11 is 0. The van der Waals surface area contributed by atoms with Gasteiger partial charge in [-0.05, 0) is 38.1 Å². The number of rotatable bonds is 4. The molecule has 5 heteroatoms. The monoisotopic (exact) mass is 221 g/mol. The largest absolute Gasteiger partial charge is 0.370 e. The highest BCUT2D eigenvalue weighted by atomic mass is 15.3. The first-order chi connectivity index (χ1) is 7.78. The number of pyridine rings is 1. The Morgan fingerprint density at radius 3 is 3.00 bits per heavy atom. The molecule has 88 valence electrons. The second-order valence-electron chi connectivity index (χ2n) is 4.35. The fourth-order valence-corrected chi connectivity index (χ4v) is 2.06. The molecule has 1 aromatic rings. The first kappa shape index (κ1) is 11.2. The van der Waals surface area contributed by atoms with E-state index in [-0.39, 0.29) is 0 Å². The average Bonchev–Trinajstić information content (AvgIpc) is 2.73. The molecule has 2 rings (SSSR count). The molecule has 1 fully saturated rings. The lowest BCUT2D eigenvalue weighted by atomic mass is 10.1. The maximum absolute atomic E-state index is 5.31. The van der Waals surface area contributed by atoms with Crippen LogP contribution in [0.3, 0.4) is 0 Å². The zero-order valence-corrected chi connectivity index (χ0v) is 9.61. The molecule has 1 aromatic heterocycles. The topological polar surface area (TPSA) is 66.2 Å². The van der Waals surface area contributed by atoms with Crippen LogP contribution < -0.4 is 16.6 Å². The summed E-state index contributed by atoms with van der Waals surface area (Å²) in [5.74, 6) is 7.60. The molecular weight excluding hydrogens is 202 g/mol. The van der Waals surface area contributed by atoms with Crippen molar-refractivity contribution in [1.29, 1.82) is 0 Å². The molecular formula is C11H19N5. The number of hydrazine groups is 1. The molecule has 1 saturated heterocycles. The van der Waals surface area contributed by atoms with Gasteiger partial charge in [-0.2, -0.15) is 0 Å². The van der Waals surface area contributed by atoms with E-state index >= 15 is 0 Å². The van der Waals surface area contributed by atoms with Crippen LogP contribution in [-0.4, -0.2) is 36.6 Å². The molecule has 0 amide bonds. The molecule has 5 nitrogen and oxygen atoms in total. The van der Waals surface area contributed by atoms with Crippen LogP contribution in [0.4, 0.5) is 11.6 Å². The number of likely N-dealkylation sites (tertiary alicyclic amines) is 1. The number of anilines is 2. The molecule has 0 spiro atoms. The van der Waals surface area contributed by atoms with E-state index < -0.39 is 0 Å². The molecule has 0 radical (unpaired) electrons. The fourth-order valence-electron chi connectivity index (χ4n) is 2.06. The van der Waals surface area contributed by atoms with E-state index in [0.29, 0.717) is 5.82 Å². The Hall–Kier alpha value is -1.33. The van der Waals surface area contributed by atoms with Crippen molar-refractivity contribution in [3.05, 3.63) is 18.2 Å². The molecule has 1 aliphatic heterocycles. The maximum Gasteiger partial charge on any atom is 0.142 e. The minimum Gasteiger partial charge on any atom is -0.370 e. The average molecular weight is 221 g/mol. The normalized spacial score (nSPS) is 21.0. The molecule has 1 aliphatic rings. The maximum atomic E-state index is 5.31. The second kappa shape index (κ2) is 5.14. The van der Waals surface area contributed by atoms with Crippen molar-refractivity contribution in [2.45, 2.75) is 6.42 Å². The van der Waals surface area contributed by atoms with Gasteiger partial charge in [0.25, 0.3) is 0 Å². The van der Waals surface area contributed by atoms with Crippen LogP contribution in [0.25, 0.3) is 0 Å². The zero-order chi connectivity index (χ0) is 11.4. The number of nitrogens with zero attached hydrogens (tertiary/aromatic N) is 2. The Balaban J connectivity index is 1.84. The lowest BCUT2D eigenvalue weighted by molar-refractivity contribution is 0.399. The van der Waals surface area contributed by atoms with E-state index in [2.05, 4.69) is 27.7 Å². The van der Waals surface area contributed by atoms with Crippen molar-refractivity contribution in [2.75, 3.05) is 37.4 Å². The number of nitrogen functional groups attached to an aromatic ring is 1. The first-order valence-electron chi connectivity index (χ1n) is 5.64.